The Morgan fingerprint density at radius 1 is 0.571 bits per heavy atom. The van der Waals surface area contributed by atoms with Crippen molar-refractivity contribution in [2.24, 2.45) is 5.92 Å². The van der Waals surface area contributed by atoms with E-state index < -0.39 is 71.6 Å². The van der Waals surface area contributed by atoms with Crippen molar-refractivity contribution in [2.75, 3.05) is 6.54 Å². The van der Waals surface area contributed by atoms with Gasteiger partial charge in [0.25, 0.3) is 0 Å². The molecule has 0 aromatic heterocycles. The Hall–Kier alpha value is -6.45. The van der Waals surface area contributed by atoms with Gasteiger partial charge in [-0.25, -0.2) is 14.4 Å². The van der Waals surface area contributed by atoms with Gasteiger partial charge < -0.3 is 45.5 Å². The molecule has 16 heteroatoms. The fraction of sp³-hybridized carbons (Fsp3) is 0.468. The zero-order valence-corrected chi connectivity index (χ0v) is 37.1. The molecular weight excluding hydrogens is 811 g/mol. The lowest BCUT2D eigenvalue weighted by atomic mass is 9.99. The molecule has 63 heavy (non-hydrogen) atoms. The Bertz CT molecular complexity index is 1910. The summed E-state index contributed by atoms with van der Waals surface area (Å²) >= 11 is 0. The van der Waals surface area contributed by atoms with Crippen LogP contribution in [0.25, 0.3) is 0 Å². The molecule has 0 fully saturated rings. The Balaban J connectivity index is 1.70. The first-order valence-corrected chi connectivity index (χ1v) is 21.3. The minimum Gasteiger partial charge on any atom is -0.461 e. The molecule has 0 bridgehead atoms. The SMILES string of the molecule is CCC(C)[C@@H](NC(=O)[C@@H](C)NC(=O)[C@@H](CCC(=O)OCc1ccccc1)NC(=O)[C@@H](CCCCNC(=O)OCc1ccccc1)NC(=O)OC(C)(C)C)C(=O)OCc1ccccc1. The summed E-state index contributed by atoms with van der Waals surface area (Å²) in [7, 11) is 0. The molecule has 0 saturated carbocycles. The van der Waals surface area contributed by atoms with Crippen LogP contribution in [0.2, 0.25) is 0 Å². The van der Waals surface area contributed by atoms with E-state index >= 15 is 0 Å². The molecule has 5 N–H and O–H groups in total. The molecule has 16 nitrogen and oxygen atoms in total. The molecule has 3 rings (SSSR count). The van der Waals surface area contributed by atoms with Gasteiger partial charge in [-0.3, -0.25) is 19.2 Å². The normalized spacial score (nSPS) is 13.4. The van der Waals surface area contributed by atoms with Crippen LogP contribution in [0.4, 0.5) is 9.59 Å². The number of alkyl carbamates (subject to hydrolysis) is 2. The van der Waals surface area contributed by atoms with Crippen LogP contribution in [0.5, 0.6) is 0 Å². The first-order chi connectivity index (χ1) is 30.0. The van der Waals surface area contributed by atoms with Crippen molar-refractivity contribution in [1.29, 1.82) is 0 Å². The zero-order chi connectivity index (χ0) is 46.2. The van der Waals surface area contributed by atoms with E-state index in [1.54, 1.807) is 52.0 Å². The van der Waals surface area contributed by atoms with Crippen LogP contribution in [0.1, 0.15) is 96.8 Å². The molecule has 5 amide bonds. The summed E-state index contributed by atoms with van der Waals surface area (Å²) in [5, 5.41) is 13.2. The van der Waals surface area contributed by atoms with Gasteiger partial charge in [0.1, 0.15) is 49.6 Å². The van der Waals surface area contributed by atoms with E-state index in [0.29, 0.717) is 19.3 Å². The standard InChI is InChI=1S/C47H63N5O11/c1-7-32(2)40(44(57)61-30-35-21-13-9-14-22-35)52-41(54)33(3)49-42(55)38(26-27-39(53)60-29-34-19-11-8-12-20-34)50-43(56)37(51-46(59)63-47(4,5)6)25-17-18-28-48-45(58)62-31-36-23-15-10-16-24-36/h8-16,19-24,32-33,37-38,40H,7,17-18,25-31H2,1-6H3,(H,48,58)(H,49,55)(H,50,56)(H,51,59)(H,52,54)/t32?,33-,37-,38-,40-/m1/s1. The first-order valence-electron chi connectivity index (χ1n) is 21.3. The minimum absolute atomic E-state index is 0.00722. The molecule has 0 saturated heterocycles. The monoisotopic (exact) mass is 873 g/mol. The second-order valence-corrected chi connectivity index (χ2v) is 16.1. The Morgan fingerprint density at radius 3 is 1.62 bits per heavy atom. The van der Waals surface area contributed by atoms with Gasteiger partial charge in [-0.1, -0.05) is 111 Å². The molecule has 1 unspecified atom stereocenters. The molecule has 0 heterocycles. The van der Waals surface area contributed by atoms with Crippen molar-refractivity contribution in [3.8, 4) is 0 Å². The maximum Gasteiger partial charge on any atom is 0.408 e. The largest absolute Gasteiger partial charge is 0.461 e. The van der Waals surface area contributed by atoms with E-state index in [-0.39, 0.29) is 51.5 Å². The van der Waals surface area contributed by atoms with E-state index in [1.165, 1.54) is 6.92 Å². The summed E-state index contributed by atoms with van der Waals surface area (Å²) in [6.07, 6.45) is -0.636. The number of amides is 5. The lowest BCUT2D eigenvalue weighted by Gasteiger charge is -2.27. The van der Waals surface area contributed by atoms with E-state index in [9.17, 15) is 33.6 Å². The molecule has 342 valence electrons. The topological polar surface area (TPSA) is 217 Å². The number of unbranched alkanes of at least 4 members (excludes halogenated alkanes) is 1. The highest BCUT2D eigenvalue weighted by Gasteiger charge is 2.33. The summed E-state index contributed by atoms with van der Waals surface area (Å²) in [6, 6.07) is 22.5. The highest BCUT2D eigenvalue weighted by atomic mass is 16.6. The summed E-state index contributed by atoms with van der Waals surface area (Å²) in [5.41, 5.74) is 1.47. The van der Waals surface area contributed by atoms with Crippen LogP contribution in [0, 0.1) is 5.92 Å². The summed E-state index contributed by atoms with van der Waals surface area (Å²) in [5.74, 6) is -3.83. The summed E-state index contributed by atoms with van der Waals surface area (Å²) in [6.45, 7) is 10.4. The lowest BCUT2D eigenvalue weighted by Crippen LogP contribution is -2.57. The lowest BCUT2D eigenvalue weighted by molar-refractivity contribution is -0.151. The molecule has 3 aromatic rings. The van der Waals surface area contributed by atoms with Crippen molar-refractivity contribution in [3.63, 3.8) is 0 Å². The van der Waals surface area contributed by atoms with Gasteiger partial charge >= 0.3 is 24.1 Å². The third-order valence-corrected chi connectivity index (χ3v) is 9.66. The second kappa shape index (κ2) is 26.8. The van der Waals surface area contributed by atoms with Crippen molar-refractivity contribution >= 4 is 41.8 Å². The summed E-state index contributed by atoms with van der Waals surface area (Å²) in [4.78, 5) is 92.5. The van der Waals surface area contributed by atoms with E-state index in [4.69, 9.17) is 18.9 Å². The van der Waals surface area contributed by atoms with Gasteiger partial charge in [-0.2, -0.15) is 0 Å². The van der Waals surface area contributed by atoms with Crippen molar-refractivity contribution < 1.29 is 52.5 Å². The van der Waals surface area contributed by atoms with Crippen LogP contribution in [-0.2, 0) is 62.7 Å². The number of ether oxygens (including phenoxy) is 4. The van der Waals surface area contributed by atoms with Gasteiger partial charge in [-0.15, -0.1) is 0 Å². The van der Waals surface area contributed by atoms with Gasteiger partial charge in [0, 0.05) is 13.0 Å². The van der Waals surface area contributed by atoms with Crippen molar-refractivity contribution in [3.05, 3.63) is 108 Å². The third-order valence-electron chi connectivity index (χ3n) is 9.66. The molecule has 0 aliphatic heterocycles. The first kappa shape index (κ1) is 50.9. The van der Waals surface area contributed by atoms with Crippen molar-refractivity contribution in [1.82, 2.24) is 26.6 Å². The van der Waals surface area contributed by atoms with Gasteiger partial charge in [0.15, 0.2) is 0 Å². The number of hydrogen-bond donors (Lipinski definition) is 5. The van der Waals surface area contributed by atoms with Crippen LogP contribution in [-0.4, -0.2) is 78.2 Å². The number of rotatable bonds is 24. The quantitative estimate of drug-likeness (QED) is 0.0414. The zero-order valence-electron chi connectivity index (χ0n) is 37.1. The van der Waals surface area contributed by atoms with Crippen LogP contribution in [0.3, 0.4) is 0 Å². The highest BCUT2D eigenvalue weighted by molar-refractivity contribution is 5.95. The number of benzene rings is 3. The highest BCUT2D eigenvalue weighted by Crippen LogP contribution is 2.14. The van der Waals surface area contributed by atoms with E-state index in [1.807, 2.05) is 73.7 Å². The maximum absolute atomic E-state index is 13.9. The van der Waals surface area contributed by atoms with Gasteiger partial charge in [0.2, 0.25) is 17.7 Å². The van der Waals surface area contributed by atoms with Crippen LogP contribution in [0.15, 0.2) is 91.0 Å². The molecule has 3 aromatic carbocycles. The predicted octanol–water partition coefficient (Wildman–Crippen LogP) is 5.76. The van der Waals surface area contributed by atoms with E-state index in [0.717, 1.165) is 16.7 Å². The molecule has 0 aliphatic carbocycles. The fourth-order valence-electron chi connectivity index (χ4n) is 5.92. The molecule has 0 radical (unpaired) electrons. The molecular formula is C47H63N5O11. The summed E-state index contributed by atoms with van der Waals surface area (Å²) < 4.78 is 21.6. The Kier molecular flexibility index (Phi) is 21.6. The van der Waals surface area contributed by atoms with Crippen LogP contribution >= 0.6 is 0 Å². The average Bonchev–Trinajstić information content (AvgIpc) is 3.26. The Labute approximate surface area is 369 Å². The molecule has 5 atom stereocenters. The van der Waals surface area contributed by atoms with Crippen molar-refractivity contribution in [2.45, 2.75) is 130 Å². The van der Waals surface area contributed by atoms with E-state index in [2.05, 4.69) is 26.6 Å². The second-order valence-electron chi connectivity index (χ2n) is 16.1. The molecule has 0 aliphatic rings. The maximum atomic E-state index is 13.9. The van der Waals surface area contributed by atoms with Gasteiger partial charge in [0.05, 0.1) is 0 Å². The number of esters is 2. The van der Waals surface area contributed by atoms with Crippen LogP contribution < -0.4 is 26.6 Å². The number of nitrogens with one attached hydrogen (secondary N) is 5. The fourth-order valence-corrected chi connectivity index (χ4v) is 5.92. The average molecular weight is 874 g/mol. The number of hydrogen-bond acceptors (Lipinski definition) is 11. The smallest absolute Gasteiger partial charge is 0.408 e. The number of carbonyl (C=O) groups excluding carboxylic acids is 7. The third kappa shape index (κ3) is 20.3. The Morgan fingerprint density at radius 2 is 1.08 bits per heavy atom. The predicted molar refractivity (Wildman–Crippen MR) is 234 cm³/mol. The minimum atomic E-state index is -1.37. The molecule has 0 spiro atoms. The van der Waals surface area contributed by atoms with Gasteiger partial charge in [-0.05, 0) is 76.0 Å². The number of carbonyl (C=O) groups is 7.